The number of anilines is 1. The molecule has 1 atom stereocenters. The molecule has 1 N–H and O–H groups in total. The van der Waals surface area contributed by atoms with E-state index in [1.54, 1.807) is 0 Å². The number of rotatable bonds is 6. The Kier molecular flexibility index (Phi) is 6.81. The van der Waals surface area contributed by atoms with Gasteiger partial charge in [0.05, 0.1) is 23.7 Å². The number of ether oxygens (including phenoxy) is 1. The maximum atomic E-state index is 14.8. The van der Waals surface area contributed by atoms with Gasteiger partial charge >= 0.3 is 0 Å². The number of fused-ring (bicyclic) bond motifs is 1. The standard InChI is InChI=1S/C24H32FN3O4S/c1-4-28-7-10-32-23-20(25)13-17(14-22(23)28)21-6-5-18(24(29)26-21)19(16(2)3)15-27-8-11-33(30,31)12-9-27/h5-6,13-14,16,19H,4,7-12,15H2,1-3H3,(H,26,29). The zero-order valence-electron chi connectivity index (χ0n) is 19.4. The zero-order chi connectivity index (χ0) is 23.8. The van der Waals surface area contributed by atoms with E-state index in [1.807, 2.05) is 25.1 Å². The van der Waals surface area contributed by atoms with Gasteiger partial charge in [0.15, 0.2) is 21.4 Å². The quantitative estimate of drug-likeness (QED) is 0.689. The van der Waals surface area contributed by atoms with Crippen LogP contribution in [-0.2, 0) is 9.84 Å². The summed E-state index contributed by atoms with van der Waals surface area (Å²) in [6.45, 7) is 9.64. The first-order chi connectivity index (χ1) is 15.7. The number of hydrogen-bond donors (Lipinski definition) is 1. The van der Waals surface area contributed by atoms with Crippen LogP contribution in [0.4, 0.5) is 10.1 Å². The largest absolute Gasteiger partial charge is 0.486 e. The number of aromatic amines is 1. The highest BCUT2D eigenvalue weighted by atomic mass is 32.2. The van der Waals surface area contributed by atoms with Crippen LogP contribution in [0.1, 0.15) is 32.3 Å². The van der Waals surface area contributed by atoms with Gasteiger partial charge in [0.1, 0.15) is 6.61 Å². The lowest BCUT2D eigenvalue weighted by molar-refractivity contribution is 0.253. The van der Waals surface area contributed by atoms with E-state index in [0.717, 1.165) is 6.54 Å². The van der Waals surface area contributed by atoms with Crippen LogP contribution in [0.15, 0.2) is 29.1 Å². The normalized spacial score (nSPS) is 19.2. The summed E-state index contributed by atoms with van der Waals surface area (Å²) in [4.78, 5) is 20.2. The lowest BCUT2D eigenvalue weighted by atomic mass is 9.88. The minimum absolute atomic E-state index is 0.0344. The van der Waals surface area contributed by atoms with Gasteiger partial charge in [-0.05, 0) is 31.0 Å². The van der Waals surface area contributed by atoms with Gasteiger partial charge in [0.2, 0.25) is 0 Å². The second kappa shape index (κ2) is 9.46. The molecule has 0 aliphatic carbocycles. The number of halogens is 1. The van der Waals surface area contributed by atoms with Crippen LogP contribution in [0.2, 0.25) is 0 Å². The van der Waals surface area contributed by atoms with Crippen molar-refractivity contribution in [1.29, 1.82) is 0 Å². The molecule has 3 heterocycles. The number of pyridine rings is 1. The fourth-order valence-corrected chi connectivity index (χ4v) is 5.92. The minimum Gasteiger partial charge on any atom is -0.486 e. The van der Waals surface area contributed by atoms with Crippen molar-refractivity contribution in [2.24, 2.45) is 5.92 Å². The van der Waals surface area contributed by atoms with Crippen molar-refractivity contribution in [2.75, 3.05) is 55.7 Å². The van der Waals surface area contributed by atoms with Crippen molar-refractivity contribution < 1.29 is 17.5 Å². The molecule has 0 saturated carbocycles. The van der Waals surface area contributed by atoms with Crippen LogP contribution in [-0.4, -0.2) is 69.1 Å². The van der Waals surface area contributed by atoms with Gasteiger partial charge < -0.3 is 19.5 Å². The third-order valence-electron chi connectivity index (χ3n) is 6.70. The van der Waals surface area contributed by atoms with E-state index >= 15 is 0 Å². The summed E-state index contributed by atoms with van der Waals surface area (Å²) in [7, 11) is -2.95. The van der Waals surface area contributed by atoms with Gasteiger partial charge in [0.25, 0.3) is 5.56 Å². The van der Waals surface area contributed by atoms with E-state index in [0.29, 0.717) is 55.3 Å². The van der Waals surface area contributed by atoms with Crippen molar-refractivity contribution in [3.05, 3.63) is 46.0 Å². The van der Waals surface area contributed by atoms with Crippen LogP contribution in [0.5, 0.6) is 5.75 Å². The molecular formula is C24H32FN3O4S. The average Bonchev–Trinajstić information content (AvgIpc) is 2.78. The fourth-order valence-electron chi connectivity index (χ4n) is 4.64. The molecule has 0 spiro atoms. The summed E-state index contributed by atoms with van der Waals surface area (Å²) in [6, 6.07) is 6.91. The Morgan fingerprint density at radius 3 is 2.52 bits per heavy atom. The van der Waals surface area contributed by atoms with Crippen molar-refractivity contribution in [1.82, 2.24) is 9.88 Å². The predicted octanol–water partition coefficient (Wildman–Crippen LogP) is 2.87. The molecule has 0 bridgehead atoms. The summed E-state index contributed by atoms with van der Waals surface area (Å²) >= 11 is 0. The van der Waals surface area contributed by atoms with Gasteiger partial charge in [-0.15, -0.1) is 0 Å². The number of aromatic nitrogens is 1. The molecule has 1 unspecified atom stereocenters. The highest BCUT2D eigenvalue weighted by Crippen LogP contribution is 2.38. The number of sulfone groups is 1. The Labute approximate surface area is 194 Å². The summed E-state index contributed by atoms with van der Waals surface area (Å²) in [5.41, 5.74) is 2.32. The molecule has 2 aromatic rings. The lowest BCUT2D eigenvalue weighted by Crippen LogP contribution is -2.43. The molecule has 1 aromatic carbocycles. The number of nitrogens with zero attached hydrogens (tertiary/aromatic N) is 2. The number of likely N-dealkylation sites (N-methyl/N-ethyl adjacent to an activating group) is 1. The van der Waals surface area contributed by atoms with Gasteiger partial charge in [-0.25, -0.2) is 12.8 Å². The predicted molar refractivity (Wildman–Crippen MR) is 129 cm³/mol. The molecule has 9 heteroatoms. The Balaban J connectivity index is 1.61. The van der Waals surface area contributed by atoms with E-state index in [2.05, 4.69) is 28.6 Å². The van der Waals surface area contributed by atoms with E-state index in [-0.39, 0.29) is 34.7 Å². The van der Waals surface area contributed by atoms with E-state index in [1.165, 1.54) is 6.07 Å². The maximum Gasteiger partial charge on any atom is 0.251 e. The average molecular weight is 478 g/mol. The van der Waals surface area contributed by atoms with Crippen LogP contribution in [0, 0.1) is 11.7 Å². The Morgan fingerprint density at radius 2 is 1.88 bits per heavy atom. The fraction of sp³-hybridized carbons (Fsp3) is 0.542. The molecule has 2 aliphatic rings. The van der Waals surface area contributed by atoms with E-state index in [9.17, 15) is 17.6 Å². The first kappa shape index (κ1) is 23.8. The Morgan fingerprint density at radius 1 is 1.15 bits per heavy atom. The summed E-state index contributed by atoms with van der Waals surface area (Å²) in [6.07, 6.45) is 0. The summed E-state index contributed by atoms with van der Waals surface area (Å²) in [5.74, 6) is 0.310. The van der Waals surface area contributed by atoms with Crippen LogP contribution in [0.3, 0.4) is 0 Å². The summed E-state index contributed by atoms with van der Waals surface area (Å²) < 4.78 is 43.8. The van der Waals surface area contributed by atoms with Gasteiger partial charge in [-0.3, -0.25) is 4.79 Å². The smallest absolute Gasteiger partial charge is 0.251 e. The van der Waals surface area contributed by atoms with E-state index in [4.69, 9.17) is 4.74 Å². The first-order valence-electron chi connectivity index (χ1n) is 11.6. The Hall–Kier alpha value is -2.39. The molecule has 1 aromatic heterocycles. The molecule has 7 nitrogen and oxygen atoms in total. The van der Waals surface area contributed by atoms with Crippen LogP contribution >= 0.6 is 0 Å². The maximum absolute atomic E-state index is 14.8. The van der Waals surface area contributed by atoms with Crippen molar-refractivity contribution in [2.45, 2.75) is 26.7 Å². The minimum atomic E-state index is -2.95. The third-order valence-corrected chi connectivity index (χ3v) is 8.31. The molecular weight excluding hydrogens is 445 g/mol. The SMILES string of the molecule is CCN1CCOc2c(F)cc(-c3ccc(C(CN4CCS(=O)(=O)CC4)C(C)C)c(=O)[nH]3)cc21. The molecule has 1 saturated heterocycles. The monoisotopic (exact) mass is 477 g/mol. The second-order valence-electron chi connectivity index (χ2n) is 9.19. The van der Waals surface area contributed by atoms with Crippen molar-refractivity contribution in [3.8, 4) is 17.0 Å². The molecule has 33 heavy (non-hydrogen) atoms. The van der Waals surface area contributed by atoms with Crippen molar-refractivity contribution >= 4 is 15.5 Å². The number of benzene rings is 1. The number of nitrogens with one attached hydrogen (secondary N) is 1. The molecule has 0 radical (unpaired) electrons. The number of hydrogen-bond acceptors (Lipinski definition) is 6. The highest BCUT2D eigenvalue weighted by Gasteiger charge is 2.27. The van der Waals surface area contributed by atoms with Crippen LogP contribution in [0.25, 0.3) is 11.3 Å². The zero-order valence-corrected chi connectivity index (χ0v) is 20.3. The number of H-pyrrole nitrogens is 1. The Bertz CT molecular complexity index is 1160. The molecule has 2 aliphatic heterocycles. The van der Waals surface area contributed by atoms with Gasteiger partial charge in [0, 0.05) is 48.9 Å². The molecule has 1 fully saturated rings. The lowest BCUT2D eigenvalue weighted by Gasteiger charge is -2.32. The summed E-state index contributed by atoms with van der Waals surface area (Å²) in [5, 5.41) is 0. The van der Waals surface area contributed by atoms with Gasteiger partial charge in [-0.2, -0.15) is 0 Å². The molecule has 0 amide bonds. The van der Waals surface area contributed by atoms with Crippen molar-refractivity contribution in [3.63, 3.8) is 0 Å². The molecule has 180 valence electrons. The van der Waals surface area contributed by atoms with Crippen LogP contribution < -0.4 is 15.2 Å². The molecule has 4 rings (SSSR count). The third kappa shape index (κ3) is 5.09. The highest BCUT2D eigenvalue weighted by molar-refractivity contribution is 7.91. The first-order valence-corrected chi connectivity index (χ1v) is 13.4. The topological polar surface area (TPSA) is 82.7 Å². The van der Waals surface area contributed by atoms with E-state index < -0.39 is 15.7 Å². The second-order valence-corrected chi connectivity index (χ2v) is 11.5. The van der Waals surface area contributed by atoms with Gasteiger partial charge in [-0.1, -0.05) is 19.9 Å².